The molecule has 3 aromatic rings. The summed E-state index contributed by atoms with van der Waals surface area (Å²) >= 11 is 1.02. The topological polar surface area (TPSA) is 81.3 Å². The number of carbonyl (C=O) groups excluding carboxylic acids is 1. The Labute approximate surface area is 235 Å². The zero-order chi connectivity index (χ0) is 26.9. The molecule has 1 aromatic carbocycles. The maximum absolute atomic E-state index is 12.2. The molecule has 0 atom stereocenters. The van der Waals surface area contributed by atoms with Crippen LogP contribution in [0.15, 0.2) is 78.0 Å². The van der Waals surface area contributed by atoms with Gasteiger partial charge in [0.1, 0.15) is 0 Å². The normalized spacial score (nSPS) is 18.9. The minimum atomic E-state index is 0.0622. The van der Waals surface area contributed by atoms with Crippen molar-refractivity contribution in [3.8, 4) is 0 Å². The van der Waals surface area contributed by atoms with E-state index in [4.69, 9.17) is 5.90 Å². The number of pyridine rings is 2. The Bertz CT molecular complexity index is 1190. The van der Waals surface area contributed by atoms with Crippen molar-refractivity contribution >= 4 is 23.6 Å². The van der Waals surface area contributed by atoms with Gasteiger partial charge >= 0.3 is 6.29 Å². The second-order valence-corrected chi connectivity index (χ2v) is 11.5. The standard InChI is InChI=1S/C30H39N5O3S/c31-37-38-39-28-18-16-25(17-19-28)32-29(36)15-7-5-3-1-2-4-6-12-22-35-23-26-13-8-10-20-33(26)30(35)34-21-11-9-14-27(34)24-35/h8-11,13-14,16-21,30H,1-7,12,15,22-24,31H2/q+2/p+1. The number of nitrogens with zero attached hydrogens (tertiary/aromatic N) is 3. The van der Waals surface area contributed by atoms with E-state index in [0.29, 0.717) is 12.7 Å². The van der Waals surface area contributed by atoms with Gasteiger partial charge in [0, 0.05) is 41.3 Å². The van der Waals surface area contributed by atoms with Gasteiger partial charge in [-0.25, -0.2) is 0 Å². The number of nitrogens with two attached hydrogens (primary N) is 1. The highest BCUT2D eigenvalue weighted by Gasteiger charge is 2.63. The van der Waals surface area contributed by atoms with Crippen LogP contribution < -0.4 is 20.3 Å². The van der Waals surface area contributed by atoms with Crippen molar-refractivity contribution in [1.82, 2.24) is 0 Å². The molecule has 4 heterocycles. The lowest BCUT2D eigenvalue weighted by Gasteiger charge is -2.24. The summed E-state index contributed by atoms with van der Waals surface area (Å²) in [5.41, 5.74) is 3.67. The molecule has 2 aromatic heterocycles. The molecule has 3 N–H and O–H groups in total. The second-order valence-electron chi connectivity index (χ2n) is 10.7. The summed E-state index contributed by atoms with van der Waals surface area (Å²) in [7, 11) is 0. The number of unbranched alkanes of at least 4 members (excludes halogenated alkanes) is 7. The minimum absolute atomic E-state index is 0.0622. The van der Waals surface area contributed by atoms with E-state index in [1.165, 1.54) is 56.5 Å². The number of quaternary nitrogens is 1. The van der Waals surface area contributed by atoms with Crippen molar-refractivity contribution in [3.05, 3.63) is 84.4 Å². The van der Waals surface area contributed by atoms with Crippen molar-refractivity contribution in [2.24, 2.45) is 5.90 Å². The summed E-state index contributed by atoms with van der Waals surface area (Å²) in [6.45, 7) is 3.45. The number of rotatable bonds is 15. The van der Waals surface area contributed by atoms with Gasteiger partial charge in [0.2, 0.25) is 17.3 Å². The molecule has 0 unspecified atom stereocenters. The lowest BCUT2D eigenvalue weighted by atomic mass is 10.1. The Kier molecular flexibility index (Phi) is 9.60. The average Bonchev–Trinajstić information content (AvgIpc) is 3.44. The summed E-state index contributed by atoms with van der Waals surface area (Å²) in [5, 5.41) is 2.95. The number of nitrogens with one attached hydrogen (secondary N) is 1. The second kappa shape index (κ2) is 13.5. The number of aromatic nitrogens is 2. The van der Waals surface area contributed by atoms with E-state index in [1.54, 1.807) is 0 Å². The summed E-state index contributed by atoms with van der Waals surface area (Å²) in [4.78, 5) is 17.1. The van der Waals surface area contributed by atoms with Crippen LogP contribution in [0.4, 0.5) is 5.69 Å². The van der Waals surface area contributed by atoms with Crippen LogP contribution in [0, 0.1) is 0 Å². The summed E-state index contributed by atoms with van der Waals surface area (Å²) in [6, 6.07) is 20.6. The molecule has 9 heteroatoms. The minimum Gasteiger partial charge on any atom is -0.326 e. The van der Waals surface area contributed by atoms with Crippen LogP contribution in [0.25, 0.3) is 0 Å². The molecule has 8 nitrogen and oxygen atoms in total. The number of benzene rings is 1. The van der Waals surface area contributed by atoms with Crippen LogP contribution >= 0.6 is 12.0 Å². The predicted octanol–water partition coefficient (Wildman–Crippen LogP) is 5.09. The zero-order valence-electron chi connectivity index (χ0n) is 22.5. The third kappa shape index (κ3) is 6.85. The van der Waals surface area contributed by atoms with E-state index in [1.807, 2.05) is 24.3 Å². The largest absolute Gasteiger partial charge is 0.484 e. The van der Waals surface area contributed by atoms with Crippen molar-refractivity contribution in [1.29, 1.82) is 0 Å². The fourth-order valence-corrected chi connectivity index (χ4v) is 6.52. The third-order valence-electron chi connectivity index (χ3n) is 7.96. The highest BCUT2D eigenvalue weighted by molar-refractivity contribution is 7.94. The lowest BCUT2D eigenvalue weighted by Crippen LogP contribution is -2.62. The first-order chi connectivity index (χ1) is 19.2. The molecule has 0 aliphatic carbocycles. The van der Waals surface area contributed by atoms with Crippen LogP contribution in [-0.4, -0.2) is 16.9 Å². The first-order valence-corrected chi connectivity index (χ1v) is 14.9. The molecule has 2 aliphatic rings. The molecular weight excluding hydrogens is 510 g/mol. The number of hydrogen-bond acceptors (Lipinski definition) is 5. The van der Waals surface area contributed by atoms with Gasteiger partial charge in [-0.15, -0.1) is 9.32 Å². The Morgan fingerprint density at radius 3 is 2.05 bits per heavy atom. The molecule has 1 amide bonds. The maximum atomic E-state index is 12.2. The number of anilines is 1. The molecular formula is C30H40N5O3S+3. The quantitative estimate of drug-likeness (QED) is 0.0688. The Morgan fingerprint density at radius 2 is 1.44 bits per heavy atom. The van der Waals surface area contributed by atoms with Gasteiger partial charge < -0.3 is 5.32 Å². The Hall–Kier alpha value is -2.82. The van der Waals surface area contributed by atoms with Gasteiger partial charge in [-0.1, -0.05) is 41.2 Å². The van der Waals surface area contributed by atoms with E-state index in [9.17, 15) is 4.79 Å². The van der Waals surface area contributed by atoms with Crippen LogP contribution in [-0.2, 0) is 27.2 Å². The number of fused-ring (bicyclic) bond motifs is 5. The van der Waals surface area contributed by atoms with Crippen molar-refractivity contribution in [2.45, 2.75) is 82.1 Å². The van der Waals surface area contributed by atoms with E-state index in [2.05, 4.69) is 72.6 Å². The molecule has 0 saturated carbocycles. The molecule has 0 fully saturated rings. The van der Waals surface area contributed by atoms with E-state index < -0.39 is 0 Å². The van der Waals surface area contributed by atoms with Crippen LogP contribution in [0.3, 0.4) is 0 Å². The van der Waals surface area contributed by atoms with Crippen molar-refractivity contribution in [2.75, 3.05) is 11.9 Å². The lowest BCUT2D eigenvalue weighted by molar-refractivity contribution is -1.16. The summed E-state index contributed by atoms with van der Waals surface area (Å²) in [5.74, 6) is 4.90. The molecule has 2 aliphatic heterocycles. The highest BCUT2D eigenvalue weighted by Crippen LogP contribution is 2.34. The molecule has 206 valence electrons. The van der Waals surface area contributed by atoms with Crippen LogP contribution in [0.1, 0.15) is 75.5 Å². The maximum Gasteiger partial charge on any atom is 0.484 e. The first kappa shape index (κ1) is 27.7. The van der Waals surface area contributed by atoms with Gasteiger partial charge in [-0.2, -0.15) is 10.4 Å². The van der Waals surface area contributed by atoms with Crippen LogP contribution in [0.5, 0.6) is 0 Å². The summed E-state index contributed by atoms with van der Waals surface area (Å²) in [6.07, 6.45) is 15.0. The molecule has 0 spiro atoms. The molecule has 39 heavy (non-hydrogen) atoms. The van der Waals surface area contributed by atoms with Gasteiger partial charge in [-0.3, -0.25) is 4.79 Å². The molecule has 0 saturated heterocycles. The third-order valence-corrected chi connectivity index (χ3v) is 8.57. The van der Waals surface area contributed by atoms with E-state index >= 15 is 0 Å². The average molecular weight is 551 g/mol. The van der Waals surface area contributed by atoms with Crippen molar-refractivity contribution in [3.63, 3.8) is 0 Å². The Balaban J connectivity index is 0.947. The first-order valence-electron chi connectivity index (χ1n) is 14.1. The number of hydrogen-bond donors (Lipinski definition) is 2. The molecule has 0 bridgehead atoms. The van der Waals surface area contributed by atoms with E-state index in [-0.39, 0.29) is 5.91 Å². The molecule has 5 rings (SSSR count). The number of carbonyl (C=O) groups is 1. The highest BCUT2D eigenvalue weighted by atomic mass is 32.2. The van der Waals surface area contributed by atoms with Gasteiger partial charge in [0.15, 0.2) is 25.5 Å². The van der Waals surface area contributed by atoms with Gasteiger partial charge in [-0.05, 0) is 55.7 Å². The fraction of sp³-hybridized carbons (Fsp3) is 0.433. The predicted molar refractivity (Wildman–Crippen MR) is 149 cm³/mol. The summed E-state index contributed by atoms with van der Waals surface area (Å²) < 4.78 is 10.7. The fourth-order valence-electron chi connectivity index (χ4n) is 6.15. The zero-order valence-corrected chi connectivity index (χ0v) is 23.4. The Morgan fingerprint density at radius 1 is 0.846 bits per heavy atom. The smallest absolute Gasteiger partial charge is 0.326 e. The van der Waals surface area contributed by atoms with Crippen molar-refractivity contribution < 1.29 is 27.7 Å². The van der Waals surface area contributed by atoms with Crippen LogP contribution in [0.2, 0.25) is 0 Å². The van der Waals surface area contributed by atoms with E-state index in [0.717, 1.165) is 53.0 Å². The van der Waals surface area contributed by atoms with Gasteiger partial charge in [0.25, 0.3) is 0 Å². The molecule has 0 radical (unpaired) electrons. The monoisotopic (exact) mass is 550 g/mol. The van der Waals surface area contributed by atoms with Gasteiger partial charge in [0.05, 0.1) is 18.6 Å². The number of amides is 1. The SMILES string of the molecule is NOOSc1ccc(NC(=O)CCCCCCCCCC[N+]23Cc4cccc[n+]4C2[n+]2ccccc2C3)cc1.